The number of nitrogens with one attached hydrogen (secondary N) is 1. The predicted molar refractivity (Wildman–Crippen MR) is 73.4 cm³/mol. The molecule has 19 heavy (non-hydrogen) atoms. The highest BCUT2D eigenvalue weighted by molar-refractivity contribution is 6.33. The second kappa shape index (κ2) is 5.27. The zero-order chi connectivity index (χ0) is 14.0. The van der Waals surface area contributed by atoms with Gasteiger partial charge in [-0.3, -0.25) is 14.8 Å². The number of anilines is 1. The summed E-state index contributed by atoms with van der Waals surface area (Å²) in [5.74, 6) is 0. The van der Waals surface area contributed by atoms with Crippen molar-refractivity contribution in [2.45, 2.75) is 13.5 Å². The van der Waals surface area contributed by atoms with Crippen molar-refractivity contribution in [2.75, 3.05) is 5.32 Å². The van der Waals surface area contributed by atoms with Crippen molar-refractivity contribution in [3.63, 3.8) is 0 Å². The number of benzene rings is 1. The van der Waals surface area contributed by atoms with Gasteiger partial charge in [0.2, 0.25) is 0 Å². The number of hydrogen-bond donors (Lipinski definition) is 1. The number of para-hydroxylation sites is 1. The van der Waals surface area contributed by atoms with Gasteiger partial charge in [-0.05, 0) is 13.0 Å². The molecule has 0 saturated heterocycles. The van der Waals surface area contributed by atoms with E-state index in [0.29, 0.717) is 17.3 Å². The van der Waals surface area contributed by atoms with Gasteiger partial charge in [-0.15, -0.1) is 0 Å². The molecule has 0 atom stereocenters. The van der Waals surface area contributed by atoms with Crippen LogP contribution in [0.3, 0.4) is 0 Å². The van der Waals surface area contributed by atoms with Gasteiger partial charge in [-0.25, -0.2) is 0 Å². The molecule has 0 aliphatic heterocycles. The topological polar surface area (TPSA) is 73.0 Å². The Bertz CT molecular complexity index is 624. The minimum Gasteiger partial charge on any atom is -0.374 e. The third-order valence-corrected chi connectivity index (χ3v) is 3.30. The van der Waals surface area contributed by atoms with Gasteiger partial charge in [-0.2, -0.15) is 5.10 Å². The van der Waals surface area contributed by atoms with Crippen LogP contribution in [0.5, 0.6) is 0 Å². The third-order valence-electron chi connectivity index (χ3n) is 2.98. The zero-order valence-corrected chi connectivity index (χ0v) is 11.3. The van der Waals surface area contributed by atoms with Crippen LogP contribution in [0.1, 0.15) is 11.3 Å². The fourth-order valence-corrected chi connectivity index (χ4v) is 1.98. The Kier molecular flexibility index (Phi) is 3.71. The highest BCUT2D eigenvalue weighted by atomic mass is 35.5. The summed E-state index contributed by atoms with van der Waals surface area (Å²) >= 11 is 6.00. The molecule has 1 aromatic heterocycles. The maximum atomic E-state index is 10.9. The van der Waals surface area contributed by atoms with Crippen LogP contribution in [0.15, 0.2) is 24.4 Å². The second-order valence-corrected chi connectivity index (χ2v) is 4.53. The van der Waals surface area contributed by atoms with E-state index in [2.05, 4.69) is 10.4 Å². The summed E-state index contributed by atoms with van der Waals surface area (Å²) in [5, 5.41) is 18.4. The van der Waals surface area contributed by atoms with E-state index in [4.69, 9.17) is 11.6 Å². The molecule has 1 aromatic carbocycles. The summed E-state index contributed by atoms with van der Waals surface area (Å²) in [6, 6.07) is 4.60. The molecule has 6 nitrogen and oxygen atoms in total. The first-order chi connectivity index (χ1) is 9.00. The Hall–Kier alpha value is -2.08. The van der Waals surface area contributed by atoms with Crippen LogP contribution in [0.2, 0.25) is 5.02 Å². The Morgan fingerprint density at radius 2 is 2.26 bits per heavy atom. The summed E-state index contributed by atoms with van der Waals surface area (Å²) in [7, 11) is 1.84. The molecule has 0 aliphatic carbocycles. The molecule has 0 fully saturated rings. The van der Waals surface area contributed by atoms with E-state index in [1.165, 1.54) is 6.07 Å². The lowest BCUT2D eigenvalue weighted by Gasteiger charge is -2.08. The van der Waals surface area contributed by atoms with Crippen LogP contribution in [0.4, 0.5) is 11.4 Å². The van der Waals surface area contributed by atoms with Crippen molar-refractivity contribution < 1.29 is 4.92 Å². The van der Waals surface area contributed by atoms with Crippen LogP contribution in [0.25, 0.3) is 0 Å². The monoisotopic (exact) mass is 280 g/mol. The maximum Gasteiger partial charge on any atom is 0.293 e. The van der Waals surface area contributed by atoms with E-state index in [-0.39, 0.29) is 5.69 Å². The minimum atomic E-state index is -0.454. The number of nitro benzene ring substituents is 1. The number of rotatable bonds is 4. The molecule has 1 heterocycles. The molecule has 2 rings (SSSR count). The van der Waals surface area contributed by atoms with E-state index in [0.717, 1.165) is 11.3 Å². The number of aryl methyl sites for hydroxylation is 1. The molecule has 1 N–H and O–H groups in total. The van der Waals surface area contributed by atoms with Gasteiger partial charge in [0.25, 0.3) is 5.69 Å². The van der Waals surface area contributed by atoms with Gasteiger partial charge in [0.15, 0.2) is 0 Å². The molecule has 0 unspecified atom stereocenters. The van der Waals surface area contributed by atoms with Gasteiger partial charge >= 0.3 is 0 Å². The summed E-state index contributed by atoms with van der Waals surface area (Å²) in [6.07, 6.45) is 1.73. The lowest BCUT2D eigenvalue weighted by Crippen LogP contribution is -2.04. The number of nitrogens with zero attached hydrogens (tertiary/aromatic N) is 3. The molecule has 0 bridgehead atoms. The van der Waals surface area contributed by atoms with E-state index < -0.39 is 4.92 Å². The van der Waals surface area contributed by atoms with Crippen LogP contribution in [-0.4, -0.2) is 14.7 Å². The predicted octanol–water partition coefficient (Wildman–Crippen LogP) is 2.90. The number of hydrogen-bond acceptors (Lipinski definition) is 4. The third kappa shape index (κ3) is 2.68. The largest absolute Gasteiger partial charge is 0.374 e. The van der Waals surface area contributed by atoms with Crippen LogP contribution in [-0.2, 0) is 13.6 Å². The Morgan fingerprint density at radius 3 is 2.84 bits per heavy atom. The molecule has 2 aromatic rings. The van der Waals surface area contributed by atoms with Crippen molar-refractivity contribution in [1.82, 2.24) is 9.78 Å². The average molecular weight is 281 g/mol. The van der Waals surface area contributed by atoms with Crippen molar-refractivity contribution in [1.29, 1.82) is 0 Å². The van der Waals surface area contributed by atoms with Crippen molar-refractivity contribution in [3.05, 3.63) is 50.8 Å². The van der Waals surface area contributed by atoms with Gasteiger partial charge in [-0.1, -0.05) is 17.7 Å². The van der Waals surface area contributed by atoms with Crippen molar-refractivity contribution in [2.24, 2.45) is 7.05 Å². The first-order valence-corrected chi connectivity index (χ1v) is 6.02. The van der Waals surface area contributed by atoms with Gasteiger partial charge in [0, 0.05) is 30.9 Å². The second-order valence-electron chi connectivity index (χ2n) is 4.12. The Balaban J connectivity index is 2.24. The van der Waals surface area contributed by atoms with E-state index >= 15 is 0 Å². The molecular formula is C12H13ClN4O2. The van der Waals surface area contributed by atoms with Gasteiger partial charge in [0.1, 0.15) is 5.69 Å². The lowest BCUT2D eigenvalue weighted by atomic mass is 10.2. The number of halogens is 1. The van der Waals surface area contributed by atoms with E-state index in [9.17, 15) is 10.1 Å². The summed E-state index contributed by atoms with van der Waals surface area (Å²) in [5.41, 5.74) is 2.27. The molecule has 0 saturated carbocycles. The van der Waals surface area contributed by atoms with Gasteiger partial charge < -0.3 is 5.32 Å². The summed E-state index contributed by atoms with van der Waals surface area (Å²) < 4.78 is 1.75. The Morgan fingerprint density at radius 1 is 1.53 bits per heavy atom. The first-order valence-electron chi connectivity index (χ1n) is 5.65. The molecule has 0 radical (unpaired) electrons. The molecular weight excluding hydrogens is 268 g/mol. The summed E-state index contributed by atoms with van der Waals surface area (Å²) in [6.45, 7) is 2.37. The smallest absolute Gasteiger partial charge is 0.293 e. The zero-order valence-electron chi connectivity index (χ0n) is 10.6. The van der Waals surface area contributed by atoms with Crippen LogP contribution < -0.4 is 5.32 Å². The van der Waals surface area contributed by atoms with E-state index in [1.807, 2.05) is 14.0 Å². The molecule has 100 valence electrons. The van der Waals surface area contributed by atoms with Crippen molar-refractivity contribution >= 4 is 23.0 Å². The van der Waals surface area contributed by atoms with E-state index in [1.54, 1.807) is 23.0 Å². The quantitative estimate of drug-likeness (QED) is 0.690. The van der Waals surface area contributed by atoms with Crippen molar-refractivity contribution in [3.8, 4) is 0 Å². The first kappa shape index (κ1) is 13.4. The fraction of sp³-hybridized carbons (Fsp3) is 0.250. The Labute approximate surface area is 115 Å². The highest BCUT2D eigenvalue weighted by Gasteiger charge is 2.16. The highest BCUT2D eigenvalue weighted by Crippen LogP contribution is 2.32. The summed E-state index contributed by atoms with van der Waals surface area (Å²) in [4.78, 5) is 10.5. The maximum absolute atomic E-state index is 10.9. The van der Waals surface area contributed by atoms with Gasteiger partial charge in [0.05, 0.1) is 16.1 Å². The normalized spacial score (nSPS) is 10.5. The van der Waals surface area contributed by atoms with Crippen LogP contribution >= 0.6 is 11.6 Å². The molecule has 7 heteroatoms. The lowest BCUT2D eigenvalue weighted by molar-refractivity contribution is -0.383. The average Bonchev–Trinajstić information content (AvgIpc) is 2.68. The number of nitro groups is 1. The standard InChI is InChI=1S/C12H13ClN4O2/c1-8-9(7-15-16(8)2)6-14-12-10(13)4-3-5-11(12)17(18)19/h3-5,7,14H,6H2,1-2H3. The fourth-order valence-electron chi connectivity index (χ4n) is 1.74. The molecule has 0 spiro atoms. The minimum absolute atomic E-state index is 0.0333. The SMILES string of the molecule is Cc1c(CNc2c(Cl)cccc2[N+](=O)[O-])cnn1C. The molecule has 0 aliphatic rings. The number of aromatic nitrogens is 2. The van der Waals surface area contributed by atoms with Crippen LogP contribution in [0, 0.1) is 17.0 Å². The molecule has 0 amide bonds.